The first kappa shape index (κ1) is 10.2. The second-order valence-corrected chi connectivity index (χ2v) is 3.87. The van der Waals surface area contributed by atoms with Gasteiger partial charge < -0.3 is 4.74 Å². The van der Waals surface area contributed by atoms with E-state index in [-0.39, 0.29) is 12.0 Å². The van der Waals surface area contributed by atoms with Crippen LogP contribution >= 0.6 is 0 Å². The number of ether oxygens (including phenoxy) is 1. The third-order valence-corrected chi connectivity index (χ3v) is 2.90. The van der Waals surface area contributed by atoms with E-state index in [4.69, 9.17) is 4.74 Å². The number of esters is 1. The van der Waals surface area contributed by atoms with E-state index in [9.17, 15) is 4.79 Å². The van der Waals surface area contributed by atoms with Crippen LogP contribution in [0.1, 0.15) is 12.5 Å². The molecular weight excluding hydrogens is 190 g/mol. The van der Waals surface area contributed by atoms with Crippen LogP contribution < -0.4 is 0 Å². The fourth-order valence-electron chi connectivity index (χ4n) is 1.90. The summed E-state index contributed by atoms with van der Waals surface area (Å²) in [6, 6.07) is 10.4. The van der Waals surface area contributed by atoms with Crippen LogP contribution in [0.15, 0.2) is 30.3 Å². The van der Waals surface area contributed by atoms with Crippen LogP contribution in [-0.2, 0) is 16.1 Å². The van der Waals surface area contributed by atoms with E-state index in [1.54, 1.807) is 0 Å². The van der Waals surface area contributed by atoms with E-state index in [0.29, 0.717) is 6.04 Å². The van der Waals surface area contributed by atoms with E-state index in [1.165, 1.54) is 12.7 Å². The summed E-state index contributed by atoms with van der Waals surface area (Å²) in [7, 11) is 1.44. The second kappa shape index (κ2) is 4.03. The summed E-state index contributed by atoms with van der Waals surface area (Å²) in [6.07, 6.45) is 0. The lowest BCUT2D eigenvalue weighted by Gasteiger charge is -2.02. The number of benzene rings is 1. The average Bonchev–Trinajstić information content (AvgIpc) is 2.89. The van der Waals surface area contributed by atoms with E-state index < -0.39 is 0 Å². The summed E-state index contributed by atoms with van der Waals surface area (Å²) < 4.78 is 4.73. The van der Waals surface area contributed by atoms with Crippen LogP contribution in [0.3, 0.4) is 0 Å². The Morgan fingerprint density at radius 3 is 2.67 bits per heavy atom. The number of methoxy groups -OCH3 is 1. The molecular formula is C12H15NO2. The molecule has 2 unspecified atom stereocenters. The molecule has 80 valence electrons. The maximum absolute atomic E-state index is 11.3. The molecule has 1 fully saturated rings. The highest BCUT2D eigenvalue weighted by Crippen LogP contribution is 2.30. The van der Waals surface area contributed by atoms with Crippen molar-refractivity contribution in [3.8, 4) is 0 Å². The van der Waals surface area contributed by atoms with E-state index >= 15 is 0 Å². The number of hydrogen-bond acceptors (Lipinski definition) is 3. The van der Waals surface area contributed by atoms with E-state index in [0.717, 1.165) is 6.54 Å². The Bertz CT molecular complexity index is 350. The standard InChI is InChI=1S/C12H15NO2/c1-9-11(12(14)15-2)13(9)8-10-6-4-3-5-7-10/h3-7,9,11H,8H2,1-2H3/t9?,11-,13?/m1/s1. The molecule has 1 aliphatic heterocycles. The molecule has 3 nitrogen and oxygen atoms in total. The molecule has 0 radical (unpaired) electrons. The summed E-state index contributed by atoms with van der Waals surface area (Å²) >= 11 is 0. The first-order chi connectivity index (χ1) is 7.24. The molecule has 0 aliphatic carbocycles. The summed E-state index contributed by atoms with van der Waals surface area (Å²) in [5.74, 6) is -0.126. The van der Waals surface area contributed by atoms with Crippen LogP contribution in [0.25, 0.3) is 0 Å². The van der Waals surface area contributed by atoms with Crippen molar-refractivity contribution >= 4 is 5.97 Å². The molecule has 3 atom stereocenters. The third kappa shape index (κ3) is 2.02. The van der Waals surface area contributed by atoms with Gasteiger partial charge in [-0.15, -0.1) is 0 Å². The third-order valence-electron chi connectivity index (χ3n) is 2.90. The van der Waals surface area contributed by atoms with Crippen molar-refractivity contribution in [2.75, 3.05) is 7.11 Å². The fourth-order valence-corrected chi connectivity index (χ4v) is 1.90. The van der Waals surface area contributed by atoms with Gasteiger partial charge in [0, 0.05) is 12.6 Å². The van der Waals surface area contributed by atoms with Gasteiger partial charge in [-0.05, 0) is 12.5 Å². The van der Waals surface area contributed by atoms with Crippen molar-refractivity contribution in [3.63, 3.8) is 0 Å². The van der Waals surface area contributed by atoms with Gasteiger partial charge in [0.25, 0.3) is 0 Å². The molecule has 1 saturated heterocycles. The van der Waals surface area contributed by atoms with Gasteiger partial charge in [0.2, 0.25) is 0 Å². The van der Waals surface area contributed by atoms with Crippen molar-refractivity contribution in [1.29, 1.82) is 0 Å². The molecule has 0 bridgehead atoms. The van der Waals surface area contributed by atoms with Gasteiger partial charge in [0.05, 0.1) is 7.11 Å². The van der Waals surface area contributed by atoms with Crippen molar-refractivity contribution in [2.24, 2.45) is 0 Å². The van der Waals surface area contributed by atoms with E-state index in [1.807, 2.05) is 25.1 Å². The maximum atomic E-state index is 11.3. The molecule has 1 aromatic rings. The lowest BCUT2D eigenvalue weighted by Crippen LogP contribution is -2.14. The van der Waals surface area contributed by atoms with Gasteiger partial charge in [-0.25, -0.2) is 0 Å². The van der Waals surface area contributed by atoms with Gasteiger partial charge in [-0.1, -0.05) is 30.3 Å². The largest absolute Gasteiger partial charge is 0.468 e. The summed E-state index contributed by atoms with van der Waals surface area (Å²) in [5.41, 5.74) is 1.23. The number of rotatable bonds is 3. The van der Waals surface area contributed by atoms with Crippen molar-refractivity contribution in [3.05, 3.63) is 35.9 Å². The molecule has 0 aromatic heterocycles. The Morgan fingerprint density at radius 1 is 1.40 bits per heavy atom. The Morgan fingerprint density at radius 2 is 2.07 bits per heavy atom. The van der Waals surface area contributed by atoms with Crippen LogP contribution in [0.5, 0.6) is 0 Å². The topological polar surface area (TPSA) is 29.3 Å². The zero-order chi connectivity index (χ0) is 10.8. The normalized spacial score (nSPS) is 28.5. The molecule has 1 heterocycles. The second-order valence-electron chi connectivity index (χ2n) is 3.87. The van der Waals surface area contributed by atoms with Crippen molar-refractivity contribution in [1.82, 2.24) is 4.90 Å². The smallest absolute Gasteiger partial charge is 0.324 e. The molecule has 2 rings (SSSR count). The molecule has 1 aromatic carbocycles. The minimum Gasteiger partial charge on any atom is -0.468 e. The van der Waals surface area contributed by atoms with Gasteiger partial charge in [-0.3, -0.25) is 9.69 Å². The molecule has 1 aliphatic rings. The summed E-state index contributed by atoms with van der Waals surface area (Å²) in [5, 5.41) is 0. The predicted octanol–water partition coefficient (Wildman–Crippen LogP) is 1.43. The fraction of sp³-hybridized carbons (Fsp3) is 0.417. The zero-order valence-corrected chi connectivity index (χ0v) is 9.01. The average molecular weight is 205 g/mol. The quantitative estimate of drug-likeness (QED) is 0.552. The molecule has 0 saturated carbocycles. The molecule has 3 heteroatoms. The highest BCUT2D eigenvalue weighted by Gasteiger charge is 2.49. The monoisotopic (exact) mass is 205 g/mol. The molecule has 15 heavy (non-hydrogen) atoms. The van der Waals surface area contributed by atoms with Crippen molar-refractivity contribution < 1.29 is 9.53 Å². The number of nitrogens with zero attached hydrogens (tertiary/aromatic N) is 1. The lowest BCUT2D eigenvalue weighted by molar-refractivity contribution is -0.140. The van der Waals surface area contributed by atoms with Crippen molar-refractivity contribution in [2.45, 2.75) is 25.6 Å². The van der Waals surface area contributed by atoms with Gasteiger partial charge in [0.15, 0.2) is 0 Å². The van der Waals surface area contributed by atoms with Gasteiger partial charge >= 0.3 is 5.97 Å². The van der Waals surface area contributed by atoms with E-state index in [2.05, 4.69) is 17.0 Å². The molecule has 0 spiro atoms. The Kier molecular flexibility index (Phi) is 2.73. The molecule has 0 amide bonds. The van der Waals surface area contributed by atoms with Crippen LogP contribution in [-0.4, -0.2) is 30.1 Å². The summed E-state index contributed by atoms with van der Waals surface area (Å²) in [4.78, 5) is 13.4. The minimum absolute atomic E-state index is 0.0461. The Balaban J connectivity index is 1.96. The maximum Gasteiger partial charge on any atom is 0.324 e. The SMILES string of the molecule is COC(=O)[C@H]1C(C)N1Cc1ccccc1. The van der Waals surface area contributed by atoms with Crippen LogP contribution in [0.2, 0.25) is 0 Å². The molecule has 0 N–H and O–H groups in total. The van der Waals surface area contributed by atoms with Gasteiger partial charge in [0.1, 0.15) is 6.04 Å². The first-order valence-electron chi connectivity index (χ1n) is 5.11. The number of carbonyl (C=O) groups excluding carboxylic acids is 1. The first-order valence-corrected chi connectivity index (χ1v) is 5.11. The number of hydrogen-bond donors (Lipinski definition) is 0. The lowest BCUT2D eigenvalue weighted by atomic mass is 10.2. The van der Waals surface area contributed by atoms with Crippen LogP contribution in [0.4, 0.5) is 0 Å². The van der Waals surface area contributed by atoms with Gasteiger partial charge in [-0.2, -0.15) is 0 Å². The summed E-state index contributed by atoms with van der Waals surface area (Å²) in [6.45, 7) is 2.87. The van der Waals surface area contributed by atoms with Crippen LogP contribution in [0, 0.1) is 0 Å². The zero-order valence-electron chi connectivity index (χ0n) is 9.01. The predicted molar refractivity (Wildman–Crippen MR) is 57.3 cm³/mol. The minimum atomic E-state index is -0.126. The Hall–Kier alpha value is -1.35. The highest BCUT2D eigenvalue weighted by molar-refractivity contribution is 5.79. The number of carbonyl (C=O) groups is 1. The Labute approximate surface area is 89.7 Å². The highest BCUT2D eigenvalue weighted by atomic mass is 16.5.